The van der Waals surface area contributed by atoms with Gasteiger partial charge in [0.1, 0.15) is 5.82 Å². The van der Waals surface area contributed by atoms with Crippen LogP contribution in [0.15, 0.2) is 41.5 Å². The quantitative estimate of drug-likeness (QED) is 0.674. The lowest BCUT2D eigenvalue weighted by molar-refractivity contribution is 0.358. The number of benzene rings is 1. The molecule has 1 aliphatic rings. The zero-order chi connectivity index (χ0) is 15.4. The summed E-state index contributed by atoms with van der Waals surface area (Å²) >= 11 is 0. The van der Waals surface area contributed by atoms with Crippen LogP contribution in [-0.4, -0.2) is 41.0 Å². The van der Waals surface area contributed by atoms with Gasteiger partial charge in [-0.15, -0.1) is 0 Å². The van der Waals surface area contributed by atoms with E-state index in [1.807, 2.05) is 38.5 Å². The lowest BCUT2D eigenvalue weighted by Gasteiger charge is -2.31. The maximum Gasteiger partial charge on any atom is 0.194 e. The van der Waals surface area contributed by atoms with Crippen LogP contribution in [0.4, 0.5) is 0 Å². The van der Waals surface area contributed by atoms with Crippen molar-refractivity contribution in [3.05, 3.63) is 42.4 Å². The minimum Gasteiger partial charge on any atom is -0.354 e. The molecule has 3 rings (SSSR count). The number of nitrogens with one attached hydrogen (secondary N) is 2. The van der Waals surface area contributed by atoms with E-state index in [4.69, 9.17) is 0 Å². The molecule has 0 aliphatic heterocycles. The second-order valence-electron chi connectivity index (χ2n) is 5.79. The van der Waals surface area contributed by atoms with Crippen LogP contribution in [0.2, 0.25) is 0 Å². The van der Waals surface area contributed by atoms with E-state index >= 15 is 0 Å². The van der Waals surface area contributed by atoms with Crippen molar-refractivity contribution in [1.29, 1.82) is 0 Å². The number of H-pyrrole nitrogens is 1. The van der Waals surface area contributed by atoms with Crippen LogP contribution < -0.4 is 5.32 Å². The summed E-state index contributed by atoms with van der Waals surface area (Å²) in [4.78, 5) is 14.3. The van der Waals surface area contributed by atoms with Crippen molar-refractivity contribution in [2.24, 2.45) is 4.99 Å². The number of imidazole rings is 1. The third-order valence-corrected chi connectivity index (χ3v) is 4.11. The molecule has 0 atom stereocenters. The van der Waals surface area contributed by atoms with Gasteiger partial charge in [-0.05, 0) is 24.8 Å². The Hall–Kier alpha value is -2.30. The summed E-state index contributed by atoms with van der Waals surface area (Å²) in [7, 11) is 3.87. The SMILES string of the molecule is CN=C(NC1CCC1)N(C)Cc1ncc(-c2ccccc2)[nH]1. The summed E-state index contributed by atoms with van der Waals surface area (Å²) < 4.78 is 0. The fourth-order valence-corrected chi connectivity index (χ4v) is 2.59. The molecule has 1 aromatic heterocycles. The molecule has 1 saturated carbocycles. The Bertz CT molecular complexity index is 628. The number of guanidine groups is 1. The van der Waals surface area contributed by atoms with Crippen molar-refractivity contribution >= 4 is 5.96 Å². The van der Waals surface area contributed by atoms with Gasteiger partial charge in [0.25, 0.3) is 0 Å². The fraction of sp³-hybridized carbons (Fsp3) is 0.412. The van der Waals surface area contributed by atoms with E-state index in [0.717, 1.165) is 23.0 Å². The first kappa shape index (κ1) is 14.6. The maximum atomic E-state index is 4.48. The Balaban J connectivity index is 1.63. The van der Waals surface area contributed by atoms with Crippen molar-refractivity contribution in [2.75, 3.05) is 14.1 Å². The molecular formula is C17H23N5. The van der Waals surface area contributed by atoms with Gasteiger partial charge >= 0.3 is 0 Å². The Morgan fingerprint density at radius 3 is 2.77 bits per heavy atom. The molecular weight excluding hydrogens is 274 g/mol. The molecule has 116 valence electrons. The number of aliphatic imine (C=N–C) groups is 1. The molecule has 0 amide bonds. The average Bonchev–Trinajstić information content (AvgIpc) is 2.95. The summed E-state index contributed by atoms with van der Waals surface area (Å²) in [5, 5.41) is 3.50. The molecule has 1 aromatic carbocycles. The van der Waals surface area contributed by atoms with E-state index in [-0.39, 0.29) is 0 Å². The van der Waals surface area contributed by atoms with Gasteiger partial charge in [0.2, 0.25) is 0 Å². The molecule has 1 heterocycles. The van der Waals surface area contributed by atoms with Crippen molar-refractivity contribution in [3.63, 3.8) is 0 Å². The average molecular weight is 297 g/mol. The van der Waals surface area contributed by atoms with Crippen LogP contribution in [0, 0.1) is 0 Å². The maximum absolute atomic E-state index is 4.48. The van der Waals surface area contributed by atoms with Gasteiger partial charge in [-0.2, -0.15) is 0 Å². The molecule has 5 nitrogen and oxygen atoms in total. The van der Waals surface area contributed by atoms with Gasteiger partial charge < -0.3 is 15.2 Å². The number of hydrogen-bond donors (Lipinski definition) is 2. The van der Waals surface area contributed by atoms with E-state index < -0.39 is 0 Å². The molecule has 2 aromatic rings. The monoisotopic (exact) mass is 297 g/mol. The molecule has 0 radical (unpaired) electrons. The lowest BCUT2D eigenvalue weighted by Crippen LogP contribution is -2.46. The molecule has 0 unspecified atom stereocenters. The Morgan fingerprint density at radius 2 is 2.14 bits per heavy atom. The van der Waals surface area contributed by atoms with Crippen LogP contribution in [-0.2, 0) is 6.54 Å². The van der Waals surface area contributed by atoms with E-state index in [1.54, 1.807) is 0 Å². The van der Waals surface area contributed by atoms with Gasteiger partial charge in [0.15, 0.2) is 5.96 Å². The zero-order valence-corrected chi connectivity index (χ0v) is 13.2. The smallest absolute Gasteiger partial charge is 0.194 e. The number of aromatic nitrogens is 2. The molecule has 0 saturated heterocycles. The number of hydrogen-bond acceptors (Lipinski definition) is 2. The van der Waals surface area contributed by atoms with E-state index in [2.05, 4.69) is 37.3 Å². The number of aromatic amines is 1. The summed E-state index contributed by atoms with van der Waals surface area (Å²) in [6.45, 7) is 0.708. The predicted molar refractivity (Wildman–Crippen MR) is 89.6 cm³/mol. The van der Waals surface area contributed by atoms with Crippen molar-refractivity contribution < 1.29 is 0 Å². The number of nitrogens with zero attached hydrogens (tertiary/aromatic N) is 3. The van der Waals surface area contributed by atoms with E-state index in [9.17, 15) is 0 Å². The minimum absolute atomic E-state index is 0.581. The fourth-order valence-electron chi connectivity index (χ4n) is 2.59. The van der Waals surface area contributed by atoms with Gasteiger partial charge in [0.05, 0.1) is 18.4 Å². The standard InChI is InChI=1S/C17H23N5/c1-18-17(20-14-9-6-10-14)22(2)12-16-19-11-15(21-16)13-7-4-3-5-8-13/h3-5,7-8,11,14H,6,9-10,12H2,1-2H3,(H,18,20)(H,19,21). The highest BCUT2D eigenvalue weighted by molar-refractivity contribution is 5.80. The molecule has 22 heavy (non-hydrogen) atoms. The number of rotatable bonds is 4. The first-order chi connectivity index (χ1) is 10.8. The van der Waals surface area contributed by atoms with Crippen LogP contribution in [0.3, 0.4) is 0 Å². The topological polar surface area (TPSA) is 56.3 Å². The normalized spacial score (nSPS) is 15.5. The summed E-state index contributed by atoms with van der Waals surface area (Å²) in [5.74, 6) is 1.88. The molecule has 0 spiro atoms. The summed E-state index contributed by atoms with van der Waals surface area (Å²) in [6, 6.07) is 10.8. The molecule has 2 N–H and O–H groups in total. The van der Waals surface area contributed by atoms with Gasteiger partial charge in [-0.1, -0.05) is 30.3 Å². The predicted octanol–water partition coefficient (Wildman–Crippen LogP) is 2.64. The van der Waals surface area contributed by atoms with Crippen molar-refractivity contribution in [2.45, 2.75) is 31.8 Å². The Kier molecular flexibility index (Phi) is 4.42. The van der Waals surface area contributed by atoms with E-state index in [1.165, 1.54) is 19.3 Å². The van der Waals surface area contributed by atoms with Crippen molar-refractivity contribution in [1.82, 2.24) is 20.2 Å². The van der Waals surface area contributed by atoms with Gasteiger partial charge in [-0.3, -0.25) is 4.99 Å². The van der Waals surface area contributed by atoms with Crippen LogP contribution in [0.1, 0.15) is 25.1 Å². The highest BCUT2D eigenvalue weighted by atomic mass is 15.3. The highest BCUT2D eigenvalue weighted by Gasteiger charge is 2.20. The van der Waals surface area contributed by atoms with Gasteiger partial charge in [-0.25, -0.2) is 4.98 Å². The molecule has 0 bridgehead atoms. The summed E-state index contributed by atoms with van der Waals surface area (Å²) in [5.41, 5.74) is 2.20. The van der Waals surface area contributed by atoms with Crippen molar-refractivity contribution in [3.8, 4) is 11.3 Å². The third-order valence-electron chi connectivity index (χ3n) is 4.11. The zero-order valence-electron chi connectivity index (χ0n) is 13.2. The van der Waals surface area contributed by atoms with Crippen LogP contribution in [0.5, 0.6) is 0 Å². The lowest BCUT2D eigenvalue weighted by atomic mass is 9.93. The van der Waals surface area contributed by atoms with E-state index in [0.29, 0.717) is 12.6 Å². The second kappa shape index (κ2) is 6.64. The Morgan fingerprint density at radius 1 is 1.36 bits per heavy atom. The minimum atomic E-state index is 0.581. The first-order valence-electron chi connectivity index (χ1n) is 7.80. The third kappa shape index (κ3) is 3.30. The van der Waals surface area contributed by atoms with Crippen LogP contribution in [0.25, 0.3) is 11.3 Å². The largest absolute Gasteiger partial charge is 0.354 e. The summed E-state index contributed by atoms with van der Waals surface area (Å²) in [6.07, 6.45) is 5.69. The highest BCUT2D eigenvalue weighted by Crippen LogP contribution is 2.19. The molecule has 1 aliphatic carbocycles. The second-order valence-corrected chi connectivity index (χ2v) is 5.79. The molecule has 5 heteroatoms. The first-order valence-corrected chi connectivity index (χ1v) is 7.80. The Labute approximate surface area is 131 Å². The van der Waals surface area contributed by atoms with Gasteiger partial charge in [0, 0.05) is 20.1 Å². The van der Waals surface area contributed by atoms with Crippen LogP contribution >= 0.6 is 0 Å². The molecule has 1 fully saturated rings.